The fourth-order valence-corrected chi connectivity index (χ4v) is 26.1. The molecule has 143 heavy (non-hydrogen) atoms. The second kappa shape index (κ2) is 80.4. The number of carbonyl (C=O) groups excluding carboxylic acids is 1. The van der Waals surface area contributed by atoms with Crippen molar-refractivity contribution in [2.75, 3.05) is 217 Å². The lowest BCUT2D eigenvalue weighted by atomic mass is 10.1. The van der Waals surface area contributed by atoms with Crippen LogP contribution in [-0.2, 0) is 68.4 Å². The molecule has 17 N–H and O–H groups in total. The first-order valence-electron chi connectivity index (χ1n) is 50.0. The number of hydrogen-bond acceptors (Lipinski definition) is 34. The molecule has 18 aliphatic rings. The molecule has 42 heteroatoms. The number of sulfonamides is 1. The van der Waals surface area contributed by atoms with E-state index in [4.69, 9.17) is 29.1 Å². The molecule has 0 radical (unpaired) electrons. The molecule has 2 amide bonds. The summed E-state index contributed by atoms with van der Waals surface area (Å²) in [7, 11) is -3.16. The van der Waals surface area contributed by atoms with E-state index in [0.717, 1.165) is 133 Å². The van der Waals surface area contributed by atoms with E-state index in [-0.39, 0.29) is 28.9 Å². The van der Waals surface area contributed by atoms with Crippen molar-refractivity contribution in [3.8, 4) is 0 Å². The van der Waals surface area contributed by atoms with Gasteiger partial charge >= 0.3 is 23.0 Å². The Balaban J connectivity index is 0.000000185. The van der Waals surface area contributed by atoms with Crippen LogP contribution in [0.25, 0.3) is 11.0 Å². The smallest absolute Gasteiger partial charge is 0.336 e. The average Bonchev–Trinajstić information content (AvgIpc) is 1.66. The number of aromatic nitrogens is 4. The minimum atomic E-state index is -3.16. The Morgan fingerprint density at radius 1 is 0.406 bits per heavy atom. The van der Waals surface area contributed by atoms with E-state index in [2.05, 4.69) is 220 Å². The first-order chi connectivity index (χ1) is 70.1. The van der Waals surface area contributed by atoms with Gasteiger partial charge in [0, 0.05) is 202 Å². The van der Waals surface area contributed by atoms with E-state index in [1.807, 2.05) is 76.0 Å². The molecule has 18 aliphatic heterocycles. The maximum atomic E-state index is 11.1. The maximum absolute atomic E-state index is 11.1. The summed E-state index contributed by atoms with van der Waals surface area (Å²) < 4.78 is 53.0. The molecule has 5 aromatic carbocycles. The number of aryl methyl sites for hydroxylation is 1. The fraction of sp³-hybridized carbons (Fsp3) is 0.564. The highest BCUT2D eigenvalue weighted by molar-refractivity contribution is 8.16. The van der Waals surface area contributed by atoms with Gasteiger partial charge in [0.2, 0.25) is 10.0 Å². The molecule has 8 aromatic rings. The SMILES string of the molecule is C1CCCNCC1.C1CCNNC1.C1CCSC1.C1CN2CCC2S1.C1CNCCN1.C1COCCO1.C1CSC2CCN2C1.C1CSCCN1.C1CSCCO1.C1CSCCS1.C1CSCSC1.Cc1cc(=O)[nH]c(=O)[nH]1.NC1C=CNC(=O)N1.O=S1(=O)NCc2ccccc21.O=c1cc[nH]c(=O)[nH]1.O=c1ccc2ccccc2o1.c1ccc2c(c1)CNC2.c1ccc2c(c1)CNS2.c1ccc2c(c1)COC2. The first-order valence-corrected chi connectivity index (χ1v) is 62.4. The summed E-state index contributed by atoms with van der Waals surface area (Å²) >= 11 is 20.3. The third-order valence-corrected chi connectivity index (χ3v) is 35.4. The molecule has 0 aliphatic carbocycles. The summed E-state index contributed by atoms with van der Waals surface area (Å²) in [6.45, 7) is 29.1. The van der Waals surface area contributed by atoms with E-state index >= 15 is 0 Å². The molecule has 3 aromatic heterocycles. The predicted molar refractivity (Wildman–Crippen MR) is 610 cm³/mol. The zero-order valence-corrected chi connectivity index (χ0v) is 92.0. The number of nitrogens with zero attached hydrogens (tertiary/aromatic N) is 2. The number of rotatable bonds is 0. The molecule has 794 valence electrons. The molecule has 13 saturated heterocycles. The number of ether oxygens (including phenoxy) is 4. The molecule has 0 bridgehead atoms. The van der Waals surface area contributed by atoms with Crippen LogP contribution in [0.2, 0.25) is 0 Å². The molecule has 3 unspecified atom stereocenters. The number of urea groups is 1. The van der Waals surface area contributed by atoms with Crippen molar-refractivity contribution in [2.45, 2.75) is 150 Å². The number of hydrazine groups is 1. The molecule has 0 saturated carbocycles. The first kappa shape index (κ1) is 123. The number of fused-ring (bicyclic) bond motifs is 7. The molecule has 0 spiro atoms. The number of nitrogens with two attached hydrogens (primary N) is 1. The van der Waals surface area contributed by atoms with Gasteiger partial charge in [0.05, 0.1) is 74.7 Å². The lowest BCUT2D eigenvalue weighted by molar-refractivity contribution is -0.0334. The number of nitrogens with one attached hydrogen (secondary N) is 15. The molecule has 3 atom stereocenters. The van der Waals surface area contributed by atoms with E-state index in [0.29, 0.717) is 22.7 Å². The lowest BCUT2D eigenvalue weighted by Crippen LogP contribution is -2.48. The standard InChI is InChI=1S/C9H6O2.C8H9N.C8H8O.C7H7NO2S.C7H7NS.C6H11NS.C6H13N.C5H6N2O2.C5H9NS.C4H7N3O.C4H4N2O2.2C4H10N2.C4H9NS.C4H8O2.C4H8OS.2C4H8S2.C4H8S/c10-9-6-5-7-3-1-2-4-8(7)11-9;2*1-2-4-8-6-9-5-7(8)3-1;9-11(10)7-4-2-1-3-6(7)5-8-11;1-2-4-7-6(3-1)5-8-9-7;1-3-7-4-2-6(7)8-5-1;1-2-4-6-7-5-3-1;1-3-2-4(8)7-5(9)6-3;1-2-6-3-4-7-5(1)6;5-3-1-2-6-4(8)7-3;7-3-1-2-5-4(8)6-3;1-2-6-4-3-5-1;1-2-4-6-5-3-1;1-3-6-4-2-5-1;1-2-6-4-3-5-1;1-3-6-4-2-5-1;1-2-6-4-3-5-1;1-2-5-4-6-3-1;1-2-4-5-3-1/h1-6H;1-4,9H,5-6H2;1-4H,5-6H2;1-4,8H,5H2;1-4,8H,5H2;6H,1-5H2;7H,1-6H2;2H,1H3,(H2,6,7,8,9);5H,1-4H2;1-3H,5H2,(H2,6,7,8);1-2H,(H2,5,6,7,8);2*5-6H,1-4H2;5H,1-4H2;4*1-4H2;1-4H2. The van der Waals surface area contributed by atoms with Gasteiger partial charge in [-0.05, 0) is 195 Å². The summed E-state index contributed by atoms with van der Waals surface area (Å²) in [5.41, 5.74) is 18.4. The Kier molecular flexibility index (Phi) is 69.0. The van der Waals surface area contributed by atoms with Crippen LogP contribution >= 0.6 is 118 Å². The van der Waals surface area contributed by atoms with E-state index < -0.39 is 21.4 Å². The predicted octanol–water partition coefficient (Wildman–Crippen LogP) is 12.6. The van der Waals surface area contributed by atoms with Crippen molar-refractivity contribution >= 4 is 145 Å². The van der Waals surface area contributed by atoms with Crippen LogP contribution in [0, 0.1) is 6.92 Å². The van der Waals surface area contributed by atoms with Gasteiger partial charge in [0.1, 0.15) is 5.58 Å². The number of thioether (sulfide) groups is 9. The van der Waals surface area contributed by atoms with Gasteiger partial charge in [-0.2, -0.15) is 82.3 Å². The van der Waals surface area contributed by atoms with Crippen LogP contribution in [0.3, 0.4) is 0 Å². The largest absolute Gasteiger partial charge is 0.423 e. The van der Waals surface area contributed by atoms with Gasteiger partial charge in [0.15, 0.2) is 0 Å². The summed E-state index contributed by atoms with van der Waals surface area (Å²) in [6.07, 6.45) is 21.1. The van der Waals surface area contributed by atoms with Crippen molar-refractivity contribution in [1.82, 2.24) is 87.2 Å². The number of aromatic amines is 4. The Hall–Kier alpha value is -5.51. The van der Waals surface area contributed by atoms with Crippen LogP contribution in [-0.4, -0.2) is 278 Å². The quantitative estimate of drug-likeness (QED) is 0.0495. The summed E-state index contributed by atoms with van der Waals surface area (Å²) in [5, 5.41) is 25.3. The molecule has 13 fully saturated rings. The fourth-order valence-electron chi connectivity index (χ4n) is 14.4. The van der Waals surface area contributed by atoms with Crippen molar-refractivity contribution in [2.24, 2.45) is 5.73 Å². The zero-order valence-electron chi connectivity index (χ0n) is 83.1. The van der Waals surface area contributed by atoms with Gasteiger partial charge in [-0.1, -0.05) is 116 Å². The molecular weight excluding hydrogens is 2030 g/mol. The Morgan fingerprint density at radius 3 is 1.35 bits per heavy atom. The number of para-hydroxylation sites is 1. The van der Waals surface area contributed by atoms with E-state index in [1.165, 1.54) is 278 Å². The lowest BCUT2D eigenvalue weighted by Gasteiger charge is -2.43. The van der Waals surface area contributed by atoms with Crippen LogP contribution in [0.5, 0.6) is 0 Å². The second-order valence-corrected chi connectivity index (χ2v) is 47.4. The monoisotopic (exact) mass is 2180 g/mol. The third-order valence-electron chi connectivity index (χ3n) is 22.2. The highest BCUT2D eigenvalue weighted by atomic mass is 32.2. The van der Waals surface area contributed by atoms with Gasteiger partial charge in [-0.25, -0.2) is 32.3 Å². The number of H-pyrrole nitrogens is 4. The number of amides is 2. The molecule has 31 nitrogen and oxygen atoms in total. The minimum absolute atomic E-state index is 0.250. The van der Waals surface area contributed by atoms with Gasteiger partial charge in [-0.3, -0.25) is 44.9 Å². The second-order valence-electron chi connectivity index (χ2n) is 33.5. The van der Waals surface area contributed by atoms with Crippen LogP contribution < -0.4 is 91.4 Å². The summed E-state index contributed by atoms with van der Waals surface area (Å²) in [4.78, 5) is 77.9. The Labute approximate surface area is 889 Å². The van der Waals surface area contributed by atoms with Crippen LogP contribution in [0.1, 0.15) is 116 Å². The van der Waals surface area contributed by atoms with E-state index in [9.17, 15) is 37.2 Å². The Morgan fingerprint density at radius 2 is 0.930 bits per heavy atom. The van der Waals surface area contributed by atoms with E-state index in [1.54, 1.807) is 49.2 Å². The molecule has 26 rings (SSSR count). The Bertz CT molecular complexity index is 4620. The molecule has 21 heterocycles. The van der Waals surface area contributed by atoms with Crippen LogP contribution in [0.4, 0.5) is 4.79 Å². The van der Waals surface area contributed by atoms with Gasteiger partial charge in [-0.15, -0.1) is 23.5 Å². The number of carbonyl (C=O) groups is 1. The van der Waals surface area contributed by atoms with Crippen molar-refractivity contribution < 1.29 is 36.6 Å². The van der Waals surface area contributed by atoms with Crippen molar-refractivity contribution in [3.63, 3.8) is 0 Å². The minimum Gasteiger partial charge on any atom is -0.423 e. The molecular formula is C101H156N18O13S11. The van der Waals surface area contributed by atoms with Gasteiger partial charge < -0.3 is 76.3 Å². The third kappa shape index (κ3) is 58.5. The zero-order chi connectivity index (χ0) is 101. The number of hydrogen-bond donors (Lipinski definition) is 16. The highest BCUT2D eigenvalue weighted by Gasteiger charge is 2.33. The summed E-state index contributed by atoms with van der Waals surface area (Å²) in [5.74, 6) is 18.9. The maximum Gasteiger partial charge on any atom is 0.336 e. The number of benzene rings is 5. The normalized spacial score (nSPS) is 21.0. The number of piperazine rings is 1. The van der Waals surface area contributed by atoms with Crippen molar-refractivity contribution in [1.29, 1.82) is 0 Å². The average molecular weight is 2180 g/mol. The highest BCUT2D eigenvalue weighted by Crippen LogP contribution is 2.34. The topological polar surface area (TPSA) is 415 Å². The van der Waals surface area contributed by atoms with Gasteiger partial charge in [0.25, 0.3) is 11.1 Å². The summed E-state index contributed by atoms with van der Waals surface area (Å²) in [6, 6.07) is 45.2. The van der Waals surface area contributed by atoms with Crippen LogP contribution in [0.15, 0.2) is 202 Å². The van der Waals surface area contributed by atoms with Crippen molar-refractivity contribution in [3.05, 3.63) is 255 Å².